The van der Waals surface area contributed by atoms with Crippen LogP contribution in [0, 0.1) is 34.5 Å². The number of rotatable bonds is 4. The maximum Gasteiger partial charge on any atom is 0.222 e. The molecule has 1 heterocycles. The van der Waals surface area contributed by atoms with Crippen molar-refractivity contribution < 1.29 is 14.3 Å². The summed E-state index contributed by atoms with van der Waals surface area (Å²) in [7, 11) is 3.81. The fourth-order valence-corrected chi connectivity index (χ4v) is 8.73. The molecule has 2 amide bonds. The van der Waals surface area contributed by atoms with Crippen molar-refractivity contribution in [3.8, 4) is 0 Å². The SMILES string of the molecule is COC(C1CC[C@H]2[C@@H]3CC[C@H]4N(C)C(=O)CC[C@]4(C)[C@H]3CC[C@]12C)N(C=O)C(C)(C)C. The first-order chi connectivity index (χ1) is 14.5. The highest BCUT2D eigenvalue weighted by molar-refractivity contribution is 5.77. The lowest BCUT2D eigenvalue weighted by atomic mass is 9.46. The molecule has 5 heteroatoms. The van der Waals surface area contributed by atoms with Crippen molar-refractivity contribution in [2.45, 2.75) is 104 Å². The molecule has 0 N–H and O–H groups in total. The Kier molecular flexibility index (Phi) is 5.76. The van der Waals surface area contributed by atoms with Crippen molar-refractivity contribution in [3.05, 3.63) is 0 Å². The first kappa shape index (κ1) is 23.1. The number of likely N-dealkylation sites (tertiary alicyclic amines) is 1. The van der Waals surface area contributed by atoms with Crippen molar-refractivity contribution >= 4 is 12.3 Å². The normalized spacial score (nSPS) is 43.6. The summed E-state index contributed by atoms with van der Waals surface area (Å²) >= 11 is 0. The van der Waals surface area contributed by atoms with Gasteiger partial charge in [-0.2, -0.15) is 0 Å². The summed E-state index contributed by atoms with van der Waals surface area (Å²) in [5.74, 6) is 2.87. The van der Waals surface area contributed by atoms with Crippen LogP contribution in [0.2, 0.25) is 0 Å². The van der Waals surface area contributed by atoms with Gasteiger partial charge in [0.2, 0.25) is 12.3 Å². The van der Waals surface area contributed by atoms with Gasteiger partial charge in [0.1, 0.15) is 6.23 Å². The molecule has 4 fully saturated rings. The van der Waals surface area contributed by atoms with E-state index in [4.69, 9.17) is 4.74 Å². The van der Waals surface area contributed by atoms with Gasteiger partial charge in [-0.05, 0) is 94.3 Å². The number of methoxy groups -OCH3 is 1. The standard InChI is InChI=1S/C26H44N2O3/c1-24(2,3)28(16-29)23(31-7)20-10-9-18-17-8-11-21-26(5,15-13-22(30)27(21)6)19(17)12-14-25(18,20)4/h16-21,23H,8-15H2,1-7H3/t17-,18-,19-,20?,21+,23?,25-,26+/m0/s1. The zero-order valence-electron chi connectivity index (χ0n) is 20.8. The minimum absolute atomic E-state index is 0.158. The maximum atomic E-state index is 12.4. The van der Waals surface area contributed by atoms with E-state index in [9.17, 15) is 9.59 Å². The lowest BCUT2D eigenvalue weighted by Crippen LogP contribution is -2.62. The molecule has 8 atom stereocenters. The van der Waals surface area contributed by atoms with Gasteiger partial charge in [-0.15, -0.1) is 0 Å². The number of fused-ring (bicyclic) bond motifs is 5. The van der Waals surface area contributed by atoms with E-state index in [1.165, 1.54) is 25.7 Å². The van der Waals surface area contributed by atoms with E-state index in [0.717, 1.165) is 31.6 Å². The van der Waals surface area contributed by atoms with Crippen LogP contribution in [0.3, 0.4) is 0 Å². The number of piperidine rings is 1. The topological polar surface area (TPSA) is 49.9 Å². The Balaban J connectivity index is 1.61. The fourth-order valence-electron chi connectivity index (χ4n) is 8.73. The molecule has 2 unspecified atom stereocenters. The lowest BCUT2D eigenvalue weighted by Gasteiger charge is -2.62. The van der Waals surface area contributed by atoms with Crippen molar-refractivity contribution in [3.63, 3.8) is 0 Å². The monoisotopic (exact) mass is 432 g/mol. The molecule has 3 aliphatic carbocycles. The number of hydrogen-bond acceptors (Lipinski definition) is 3. The fraction of sp³-hybridized carbons (Fsp3) is 0.923. The van der Waals surface area contributed by atoms with Crippen molar-refractivity contribution in [2.75, 3.05) is 14.2 Å². The molecule has 5 nitrogen and oxygen atoms in total. The minimum Gasteiger partial charge on any atom is -0.361 e. The van der Waals surface area contributed by atoms with Crippen LogP contribution in [0.5, 0.6) is 0 Å². The van der Waals surface area contributed by atoms with E-state index in [1.54, 1.807) is 7.11 Å². The number of amides is 2. The van der Waals surface area contributed by atoms with Crippen LogP contribution >= 0.6 is 0 Å². The Hall–Kier alpha value is -1.10. The minimum atomic E-state index is -0.251. The van der Waals surface area contributed by atoms with E-state index < -0.39 is 0 Å². The predicted molar refractivity (Wildman–Crippen MR) is 122 cm³/mol. The van der Waals surface area contributed by atoms with Crippen molar-refractivity contribution in [2.24, 2.45) is 34.5 Å². The van der Waals surface area contributed by atoms with Crippen molar-refractivity contribution in [1.29, 1.82) is 0 Å². The van der Waals surface area contributed by atoms with Crippen molar-refractivity contribution in [1.82, 2.24) is 9.80 Å². The van der Waals surface area contributed by atoms with Gasteiger partial charge in [-0.3, -0.25) is 9.59 Å². The zero-order valence-corrected chi connectivity index (χ0v) is 20.8. The lowest BCUT2D eigenvalue weighted by molar-refractivity contribution is -0.173. The van der Waals surface area contributed by atoms with Crippen LogP contribution in [0.15, 0.2) is 0 Å². The van der Waals surface area contributed by atoms with E-state index in [-0.39, 0.29) is 22.6 Å². The molecule has 0 radical (unpaired) electrons. The summed E-state index contributed by atoms with van der Waals surface area (Å²) < 4.78 is 6.05. The second kappa shape index (κ2) is 7.74. The smallest absolute Gasteiger partial charge is 0.222 e. The third-order valence-electron chi connectivity index (χ3n) is 10.4. The summed E-state index contributed by atoms with van der Waals surface area (Å²) in [6, 6.07) is 0.412. The Bertz CT molecular complexity index is 718. The average molecular weight is 433 g/mol. The highest BCUT2D eigenvalue weighted by Gasteiger charge is 2.62. The van der Waals surface area contributed by atoms with E-state index in [0.29, 0.717) is 36.1 Å². The van der Waals surface area contributed by atoms with Gasteiger partial charge in [0.25, 0.3) is 0 Å². The number of hydrogen-bond donors (Lipinski definition) is 0. The molecule has 0 aromatic rings. The Morgan fingerprint density at radius 2 is 1.74 bits per heavy atom. The van der Waals surface area contributed by atoms with Gasteiger partial charge in [0, 0.05) is 38.1 Å². The number of nitrogens with zero attached hydrogens (tertiary/aromatic N) is 2. The van der Waals surface area contributed by atoms with E-state index in [2.05, 4.69) is 39.5 Å². The summed E-state index contributed by atoms with van der Waals surface area (Å²) in [5, 5.41) is 0. The number of ether oxygens (including phenoxy) is 1. The molecule has 4 rings (SSSR count). The molecule has 0 aromatic carbocycles. The van der Waals surface area contributed by atoms with Gasteiger partial charge in [-0.25, -0.2) is 0 Å². The van der Waals surface area contributed by atoms with Gasteiger partial charge in [0.05, 0.1) is 0 Å². The molecular formula is C26H44N2O3. The second-order valence-electron chi connectivity index (χ2n) is 12.5. The van der Waals surface area contributed by atoms with Crippen LogP contribution in [0.4, 0.5) is 0 Å². The predicted octanol–water partition coefficient (Wildman–Crippen LogP) is 4.70. The summed E-state index contributed by atoms with van der Waals surface area (Å²) in [6.07, 6.45) is 9.83. The Labute approximate surface area is 189 Å². The molecular weight excluding hydrogens is 388 g/mol. The van der Waals surface area contributed by atoms with Crippen LogP contribution in [-0.4, -0.2) is 54.1 Å². The third kappa shape index (κ3) is 3.36. The Morgan fingerprint density at radius 3 is 2.35 bits per heavy atom. The molecule has 31 heavy (non-hydrogen) atoms. The first-order valence-corrected chi connectivity index (χ1v) is 12.5. The largest absolute Gasteiger partial charge is 0.361 e. The third-order valence-corrected chi connectivity index (χ3v) is 10.4. The number of carbonyl (C=O) groups is 2. The van der Waals surface area contributed by atoms with Gasteiger partial charge >= 0.3 is 0 Å². The highest BCUT2D eigenvalue weighted by atomic mass is 16.5. The molecule has 1 aliphatic heterocycles. The highest BCUT2D eigenvalue weighted by Crippen LogP contribution is 2.66. The molecule has 3 saturated carbocycles. The summed E-state index contributed by atoms with van der Waals surface area (Å²) in [6.45, 7) is 11.3. The van der Waals surface area contributed by atoms with Crippen LogP contribution in [0.25, 0.3) is 0 Å². The zero-order chi connectivity index (χ0) is 22.8. The van der Waals surface area contributed by atoms with Crippen LogP contribution in [-0.2, 0) is 14.3 Å². The van der Waals surface area contributed by atoms with Crippen LogP contribution in [0.1, 0.15) is 86.0 Å². The summed E-state index contributed by atoms with van der Waals surface area (Å²) in [4.78, 5) is 28.5. The first-order valence-electron chi connectivity index (χ1n) is 12.5. The van der Waals surface area contributed by atoms with E-state index in [1.807, 2.05) is 11.9 Å². The van der Waals surface area contributed by atoms with Gasteiger partial charge in [-0.1, -0.05) is 13.8 Å². The quantitative estimate of drug-likeness (QED) is 0.478. The van der Waals surface area contributed by atoms with Gasteiger partial charge < -0.3 is 14.5 Å². The molecule has 1 saturated heterocycles. The molecule has 4 aliphatic rings. The average Bonchev–Trinajstić information content (AvgIpc) is 3.05. The molecule has 0 aromatic heterocycles. The molecule has 0 spiro atoms. The Morgan fingerprint density at radius 1 is 1.06 bits per heavy atom. The second-order valence-corrected chi connectivity index (χ2v) is 12.5. The number of carbonyl (C=O) groups excluding carboxylic acids is 2. The summed E-state index contributed by atoms with van der Waals surface area (Å²) in [5.41, 5.74) is 0.221. The van der Waals surface area contributed by atoms with Gasteiger partial charge in [0.15, 0.2) is 0 Å². The van der Waals surface area contributed by atoms with E-state index >= 15 is 0 Å². The molecule has 0 bridgehead atoms. The maximum absolute atomic E-state index is 12.4. The van der Waals surface area contributed by atoms with Crippen LogP contribution < -0.4 is 0 Å². The molecule has 176 valence electrons.